The van der Waals surface area contributed by atoms with Gasteiger partial charge in [0.1, 0.15) is 0 Å². The van der Waals surface area contributed by atoms with Crippen LogP contribution in [-0.4, -0.2) is 22.3 Å². The molecule has 0 spiro atoms. The van der Waals surface area contributed by atoms with Crippen LogP contribution in [0, 0.1) is 0 Å². The maximum absolute atomic E-state index is 12.1. The number of aromatic amines is 1. The van der Waals surface area contributed by atoms with Gasteiger partial charge in [-0.15, -0.1) is 11.3 Å². The maximum atomic E-state index is 12.1. The Morgan fingerprint density at radius 1 is 1.33 bits per heavy atom. The molecule has 1 aromatic carbocycles. The summed E-state index contributed by atoms with van der Waals surface area (Å²) in [5.74, 6) is -0.374. The van der Waals surface area contributed by atoms with E-state index in [1.807, 2.05) is 30.3 Å². The Morgan fingerprint density at radius 2 is 2.12 bits per heavy atom. The molecule has 2 N–H and O–H groups in total. The number of aromatic nitrogens is 2. The zero-order chi connectivity index (χ0) is 16.9. The highest BCUT2D eigenvalue weighted by molar-refractivity contribution is 7.19. The highest BCUT2D eigenvalue weighted by Crippen LogP contribution is 2.29. The van der Waals surface area contributed by atoms with Crippen molar-refractivity contribution in [3.05, 3.63) is 63.6 Å². The lowest BCUT2D eigenvalue weighted by atomic mass is 10.1. The number of benzene rings is 1. The van der Waals surface area contributed by atoms with E-state index in [9.17, 15) is 4.79 Å². The average Bonchev–Trinajstić information content (AvgIpc) is 3.24. The van der Waals surface area contributed by atoms with Crippen molar-refractivity contribution in [1.29, 1.82) is 0 Å². The number of aryl methyl sites for hydroxylation is 1. The van der Waals surface area contributed by atoms with Crippen molar-refractivity contribution in [2.75, 3.05) is 0 Å². The highest BCUT2D eigenvalue weighted by atomic mass is 35.5. The van der Waals surface area contributed by atoms with Gasteiger partial charge in [0.25, 0.3) is 5.91 Å². The van der Waals surface area contributed by atoms with Crippen LogP contribution in [0.3, 0.4) is 0 Å². The zero-order valence-electron chi connectivity index (χ0n) is 12.9. The Morgan fingerprint density at radius 3 is 2.79 bits per heavy atom. The summed E-state index contributed by atoms with van der Waals surface area (Å²) in [6.45, 7) is 2.10. The third kappa shape index (κ3) is 3.90. The van der Waals surface area contributed by atoms with Gasteiger partial charge in [-0.25, -0.2) is 5.43 Å². The van der Waals surface area contributed by atoms with Gasteiger partial charge >= 0.3 is 0 Å². The summed E-state index contributed by atoms with van der Waals surface area (Å²) >= 11 is 7.33. The topological polar surface area (TPSA) is 70.1 Å². The predicted octanol–water partition coefficient (Wildman–Crippen LogP) is 4.12. The average molecular weight is 359 g/mol. The van der Waals surface area contributed by atoms with Crippen LogP contribution in [0.25, 0.3) is 10.6 Å². The molecular weight excluding hydrogens is 344 g/mol. The monoisotopic (exact) mass is 358 g/mol. The number of hydrogen-bond acceptors (Lipinski definition) is 4. The molecule has 0 atom stereocenters. The normalized spacial score (nSPS) is 11.1. The third-order valence-corrected chi connectivity index (χ3v) is 4.68. The number of nitrogens with one attached hydrogen (secondary N) is 2. The second-order valence-electron chi connectivity index (χ2n) is 5.06. The molecule has 122 valence electrons. The fraction of sp³-hybridized carbons (Fsp3) is 0.118. The van der Waals surface area contributed by atoms with Gasteiger partial charge in [0.2, 0.25) is 0 Å². The Kier molecular flexibility index (Phi) is 5.08. The number of rotatable bonds is 5. The molecule has 0 radical (unpaired) electrons. The van der Waals surface area contributed by atoms with Crippen molar-refractivity contribution in [3.8, 4) is 10.6 Å². The molecule has 2 aromatic heterocycles. The number of hydrazone groups is 1. The van der Waals surface area contributed by atoms with Gasteiger partial charge in [-0.05, 0) is 35.7 Å². The van der Waals surface area contributed by atoms with Gasteiger partial charge in [0.05, 0.1) is 21.1 Å². The molecule has 1 amide bonds. The number of hydrogen-bond donors (Lipinski definition) is 2. The van der Waals surface area contributed by atoms with Crippen molar-refractivity contribution < 1.29 is 4.79 Å². The molecule has 0 aliphatic rings. The number of H-pyrrole nitrogens is 1. The van der Waals surface area contributed by atoms with E-state index in [1.54, 1.807) is 18.3 Å². The summed E-state index contributed by atoms with van der Waals surface area (Å²) in [6, 6.07) is 13.3. The molecule has 2 heterocycles. The van der Waals surface area contributed by atoms with E-state index in [-0.39, 0.29) is 11.6 Å². The lowest BCUT2D eigenvalue weighted by Gasteiger charge is -1.97. The number of carbonyl (C=O) groups excluding carboxylic acids is 1. The summed E-state index contributed by atoms with van der Waals surface area (Å²) in [4.78, 5) is 13.0. The minimum Gasteiger partial charge on any atom is -0.276 e. The molecule has 0 aliphatic heterocycles. The van der Waals surface area contributed by atoms with Gasteiger partial charge in [-0.3, -0.25) is 9.89 Å². The highest BCUT2D eigenvalue weighted by Gasteiger charge is 2.11. The van der Waals surface area contributed by atoms with Crippen molar-refractivity contribution >= 4 is 35.1 Å². The first-order chi connectivity index (χ1) is 11.7. The lowest BCUT2D eigenvalue weighted by Crippen LogP contribution is -2.17. The van der Waals surface area contributed by atoms with E-state index < -0.39 is 0 Å². The van der Waals surface area contributed by atoms with E-state index in [0.717, 1.165) is 22.6 Å². The van der Waals surface area contributed by atoms with Crippen LogP contribution < -0.4 is 5.43 Å². The van der Waals surface area contributed by atoms with Gasteiger partial charge in [0, 0.05) is 0 Å². The summed E-state index contributed by atoms with van der Waals surface area (Å²) < 4.78 is 0.685. The van der Waals surface area contributed by atoms with Crippen LogP contribution in [-0.2, 0) is 6.42 Å². The van der Waals surface area contributed by atoms with Crippen LogP contribution in [0.2, 0.25) is 4.34 Å². The predicted molar refractivity (Wildman–Crippen MR) is 97.8 cm³/mol. The standard InChI is InChI=1S/C17H15ClN4OS/c1-2-11-3-5-12(6-4-11)10-19-22-17(23)14-9-13(20-21-14)15-7-8-16(18)24-15/h3-10H,2H2,1H3,(H,20,21)(H,22,23)/b19-10+. The van der Waals surface area contributed by atoms with Gasteiger partial charge in [-0.1, -0.05) is 42.8 Å². The molecule has 0 fully saturated rings. The fourth-order valence-electron chi connectivity index (χ4n) is 2.09. The molecule has 0 bridgehead atoms. The quantitative estimate of drug-likeness (QED) is 0.532. The summed E-state index contributed by atoms with van der Waals surface area (Å²) in [5, 5.41) is 10.8. The van der Waals surface area contributed by atoms with Crippen LogP contribution in [0.15, 0.2) is 47.6 Å². The number of nitrogens with zero attached hydrogens (tertiary/aromatic N) is 2. The molecular formula is C17H15ClN4OS. The number of carbonyl (C=O) groups is 1. The first kappa shape index (κ1) is 16.4. The van der Waals surface area contributed by atoms with Crippen LogP contribution in [0.5, 0.6) is 0 Å². The summed E-state index contributed by atoms with van der Waals surface area (Å²) in [7, 11) is 0. The molecule has 3 aromatic rings. The first-order valence-corrected chi connectivity index (χ1v) is 8.58. The number of amides is 1. The maximum Gasteiger partial charge on any atom is 0.291 e. The Hall–Kier alpha value is -2.44. The minimum atomic E-state index is -0.374. The molecule has 0 aliphatic carbocycles. The second kappa shape index (κ2) is 7.42. The van der Waals surface area contributed by atoms with E-state index in [1.165, 1.54) is 16.9 Å². The van der Waals surface area contributed by atoms with Crippen LogP contribution >= 0.6 is 22.9 Å². The Labute approximate surface area is 148 Å². The molecule has 24 heavy (non-hydrogen) atoms. The van der Waals surface area contributed by atoms with E-state index in [0.29, 0.717) is 4.34 Å². The van der Waals surface area contributed by atoms with E-state index >= 15 is 0 Å². The smallest absolute Gasteiger partial charge is 0.276 e. The number of thiophene rings is 1. The third-order valence-electron chi connectivity index (χ3n) is 3.42. The molecule has 0 saturated carbocycles. The van der Waals surface area contributed by atoms with Crippen LogP contribution in [0.1, 0.15) is 28.5 Å². The van der Waals surface area contributed by atoms with Crippen molar-refractivity contribution in [1.82, 2.24) is 15.6 Å². The molecule has 0 unspecified atom stereocenters. The van der Waals surface area contributed by atoms with Gasteiger partial charge in [0.15, 0.2) is 5.69 Å². The largest absolute Gasteiger partial charge is 0.291 e. The van der Waals surface area contributed by atoms with E-state index in [2.05, 4.69) is 27.6 Å². The summed E-state index contributed by atoms with van der Waals surface area (Å²) in [5.41, 5.74) is 5.67. The molecule has 0 saturated heterocycles. The number of halogens is 1. The molecule has 7 heteroatoms. The molecule has 5 nitrogen and oxygen atoms in total. The first-order valence-electron chi connectivity index (χ1n) is 7.39. The fourth-order valence-corrected chi connectivity index (χ4v) is 3.09. The zero-order valence-corrected chi connectivity index (χ0v) is 14.5. The van der Waals surface area contributed by atoms with Gasteiger partial charge < -0.3 is 0 Å². The molecule has 3 rings (SSSR count). The Balaban J connectivity index is 1.62. The van der Waals surface area contributed by atoms with Crippen molar-refractivity contribution in [2.24, 2.45) is 5.10 Å². The second-order valence-corrected chi connectivity index (χ2v) is 6.78. The van der Waals surface area contributed by atoms with Gasteiger partial charge in [-0.2, -0.15) is 10.2 Å². The lowest BCUT2D eigenvalue weighted by molar-refractivity contribution is 0.0950. The van der Waals surface area contributed by atoms with Crippen molar-refractivity contribution in [2.45, 2.75) is 13.3 Å². The van der Waals surface area contributed by atoms with Crippen molar-refractivity contribution in [3.63, 3.8) is 0 Å². The SMILES string of the molecule is CCc1ccc(/C=N/NC(=O)c2cc(-c3ccc(Cl)s3)[nH]n2)cc1. The van der Waals surface area contributed by atoms with E-state index in [4.69, 9.17) is 11.6 Å². The summed E-state index contributed by atoms with van der Waals surface area (Å²) in [6.07, 6.45) is 2.59. The Bertz CT molecular complexity index is 867. The van der Waals surface area contributed by atoms with Crippen LogP contribution in [0.4, 0.5) is 0 Å². The minimum absolute atomic E-state index is 0.271.